The van der Waals surface area contributed by atoms with Crippen LogP contribution in [-0.4, -0.2) is 35.0 Å². The highest BCUT2D eigenvalue weighted by molar-refractivity contribution is 7.89. The second-order valence-corrected chi connectivity index (χ2v) is 5.63. The fourth-order valence-electron chi connectivity index (χ4n) is 1.56. The fraction of sp³-hybridized carbons (Fsp3) is 0.500. The molecule has 8 heteroatoms. The number of hydrogen-bond donors (Lipinski definition) is 2. The molecule has 2 heterocycles. The number of sulfonamides is 1. The van der Waals surface area contributed by atoms with Crippen LogP contribution in [0.3, 0.4) is 0 Å². The maximum absolute atomic E-state index is 11.5. The van der Waals surface area contributed by atoms with E-state index in [1.54, 1.807) is 0 Å². The van der Waals surface area contributed by atoms with Crippen LogP contribution in [0.4, 0.5) is 5.82 Å². The summed E-state index contributed by atoms with van der Waals surface area (Å²) in [5.41, 5.74) is 2.97. The number of nitrogens with one attached hydrogen (secondary N) is 1. The van der Waals surface area contributed by atoms with E-state index in [1.807, 2.05) is 0 Å². The number of rotatable bonds is 3. The monoisotopic (exact) mass is 243 g/mol. The minimum Gasteiger partial charge on any atom is -0.307 e. The lowest BCUT2D eigenvalue weighted by Gasteiger charge is -2.13. The Morgan fingerprint density at radius 3 is 2.75 bits per heavy atom. The van der Waals surface area contributed by atoms with Gasteiger partial charge in [-0.05, 0) is 6.42 Å². The summed E-state index contributed by atoms with van der Waals surface area (Å²) in [5, 5.41) is 0. The molecule has 0 saturated carbocycles. The van der Waals surface area contributed by atoms with E-state index in [4.69, 9.17) is 5.84 Å². The second-order valence-electron chi connectivity index (χ2n) is 3.54. The number of nitrogen functional groups attached to an aromatic ring is 1. The van der Waals surface area contributed by atoms with E-state index < -0.39 is 10.0 Å². The van der Waals surface area contributed by atoms with Crippen molar-refractivity contribution >= 4 is 15.8 Å². The first-order valence-electron chi connectivity index (χ1n) is 4.87. The first kappa shape index (κ1) is 11.2. The lowest BCUT2D eigenvalue weighted by Crippen LogP contribution is -2.25. The average molecular weight is 243 g/mol. The molecule has 0 bridgehead atoms. The molecular weight excluding hydrogens is 230 g/mol. The van der Waals surface area contributed by atoms with Crippen molar-refractivity contribution in [3.05, 3.63) is 18.1 Å². The van der Waals surface area contributed by atoms with Gasteiger partial charge < -0.3 is 5.43 Å². The molecule has 0 unspecified atom stereocenters. The number of hydrogen-bond acceptors (Lipinski definition) is 6. The molecule has 7 nitrogen and oxygen atoms in total. The highest BCUT2D eigenvalue weighted by Gasteiger charge is 2.28. The van der Waals surface area contributed by atoms with Crippen molar-refractivity contribution in [2.45, 2.75) is 13.0 Å². The SMILES string of the molecule is NNc1cnc(CN2CCCS2(=O)=O)cn1. The largest absolute Gasteiger partial charge is 0.307 e. The highest BCUT2D eigenvalue weighted by atomic mass is 32.2. The summed E-state index contributed by atoms with van der Waals surface area (Å²) in [6.45, 7) is 0.834. The predicted molar refractivity (Wildman–Crippen MR) is 58.7 cm³/mol. The zero-order valence-corrected chi connectivity index (χ0v) is 9.44. The summed E-state index contributed by atoms with van der Waals surface area (Å²) in [6.07, 6.45) is 3.67. The summed E-state index contributed by atoms with van der Waals surface area (Å²) < 4.78 is 24.5. The smallest absolute Gasteiger partial charge is 0.214 e. The topological polar surface area (TPSA) is 101 Å². The van der Waals surface area contributed by atoms with Gasteiger partial charge in [0, 0.05) is 6.54 Å². The Kier molecular flexibility index (Phi) is 3.03. The van der Waals surface area contributed by atoms with Gasteiger partial charge in [0.15, 0.2) is 5.82 Å². The molecule has 1 aliphatic rings. The summed E-state index contributed by atoms with van der Waals surface area (Å²) in [4.78, 5) is 8.03. The molecule has 0 radical (unpaired) electrons. The van der Waals surface area contributed by atoms with Crippen molar-refractivity contribution in [1.82, 2.24) is 14.3 Å². The van der Waals surface area contributed by atoms with Gasteiger partial charge in [-0.15, -0.1) is 0 Å². The molecule has 3 N–H and O–H groups in total. The van der Waals surface area contributed by atoms with Gasteiger partial charge in [0.05, 0.1) is 30.4 Å². The Labute approximate surface area is 93.7 Å². The van der Waals surface area contributed by atoms with Gasteiger partial charge in [0.2, 0.25) is 10.0 Å². The van der Waals surface area contributed by atoms with Crippen molar-refractivity contribution in [1.29, 1.82) is 0 Å². The van der Waals surface area contributed by atoms with Crippen LogP contribution in [-0.2, 0) is 16.6 Å². The minimum absolute atomic E-state index is 0.225. The van der Waals surface area contributed by atoms with E-state index in [0.717, 1.165) is 0 Å². The van der Waals surface area contributed by atoms with Crippen LogP contribution in [0, 0.1) is 0 Å². The van der Waals surface area contributed by atoms with Crippen molar-refractivity contribution in [3.63, 3.8) is 0 Å². The number of nitrogens with zero attached hydrogens (tertiary/aromatic N) is 3. The molecule has 1 saturated heterocycles. The molecule has 2 rings (SSSR count). The first-order chi connectivity index (χ1) is 7.62. The molecule has 16 heavy (non-hydrogen) atoms. The van der Waals surface area contributed by atoms with Crippen LogP contribution in [0.25, 0.3) is 0 Å². The summed E-state index contributed by atoms with van der Waals surface area (Å²) in [7, 11) is -3.08. The summed E-state index contributed by atoms with van der Waals surface area (Å²) >= 11 is 0. The lowest BCUT2D eigenvalue weighted by atomic mass is 10.4. The van der Waals surface area contributed by atoms with E-state index in [1.165, 1.54) is 16.7 Å². The number of hydrazine groups is 1. The van der Waals surface area contributed by atoms with Gasteiger partial charge in [0.25, 0.3) is 0 Å². The van der Waals surface area contributed by atoms with Gasteiger partial charge >= 0.3 is 0 Å². The second kappa shape index (κ2) is 4.32. The predicted octanol–water partition coefficient (Wildman–Crippen LogP) is -0.702. The van der Waals surface area contributed by atoms with Crippen molar-refractivity contribution in [2.75, 3.05) is 17.7 Å². The van der Waals surface area contributed by atoms with Crippen molar-refractivity contribution in [3.8, 4) is 0 Å². The van der Waals surface area contributed by atoms with Crippen LogP contribution < -0.4 is 11.3 Å². The molecular formula is C8H13N5O2S. The zero-order chi connectivity index (χ0) is 11.6. The molecule has 1 aliphatic heterocycles. The van der Waals surface area contributed by atoms with Crippen LogP contribution >= 0.6 is 0 Å². The normalized spacial score (nSPS) is 19.8. The van der Waals surface area contributed by atoms with E-state index in [-0.39, 0.29) is 12.3 Å². The summed E-state index contributed by atoms with van der Waals surface area (Å²) in [6, 6.07) is 0. The highest BCUT2D eigenvalue weighted by Crippen LogP contribution is 2.16. The van der Waals surface area contributed by atoms with E-state index >= 15 is 0 Å². The Bertz CT molecular complexity index is 458. The van der Waals surface area contributed by atoms with Gasteiger partial charge in [-0.3, -0.25) is 4.98 Å². The van der Waals surface area contributed by atoms with Gasteiger partial charge in [0.1, 0.15) is 0 Å². The van der Waals surface area contributed by atoms with Crippen LogP contribution in [0.15, 0.2) is 12.4 Å². The molecule has 0 spiro atoms. The maximum atomic E-state index is 11.5. The molecule has 1 aromatic heterocycles. The van der Waals surface area contributed by atoms with E-state index in [9.17, 15) is 8.42 Å². The van der Waals surface area contributed by atoms with E-state index in [0.29, 0.717) is 24.5 Å². The molecule has 1 fully saturated rings. The zero-order valence-electron chi connectivity index (χ0n) is 8.63. The van der Waals surface area contributed by atoms with Crippen molar-refractivity contribution < 1.29 is 8.42 Å². The van der Waals surface area contributed by atoms with Gasteiger partial charge in [-0.25, -0.2) is 19.2 Å². The fourth-order valence-corrected chi connectivity index (χ4v) is 3.05. The molecule has 0 aliphatic carbocycles. The third-order valence-electron chi connectivity index (χ3n) is 2.39. The third kappa shape index (κ3) is 2.29. The number of nitrogens with two attached hydrogens (primary N) is 1. The van der Waals surface area contributed by atoms with Gasteiger partial charge in [-0.1, -0.05) is 0 Å². The molecule has 88 valence electrons. The minimum atomic E-state index is -3.08. The third-order valence-corrected chi connectivity index (χ3v) is 4.30. The Hall–Kier alpha value is -1.25. The maximum Gasteiger partial charge on any atom is 0.214 e. The Morgan fingerprint density at radius 1 is 1.44 bits per heavy atom. The average Bonchev–Trinajstić information content (AvgIpc) is 2.59. The quantitative estimate of drug-likeness (QED) is 0.537. The molecule has 0 aromatic carbocycles. The molecule has 0 amide bonds. The van der Waals surface area contributed by atoms with Crippen LogP contribution in [0.2, 0.25) is 0 Å². The van der Waals surface area contributed by atoms with Crippen LogP contribution in [0.1, 0.15) is 12.1 Å². The number of anilines is 1. The van der Waals surface area contributed by atoms with Crippen molar-refractivity contribution in [2.24, 2.45) is 5.84 Å². The standard InChI is InChI=1S/C8H13N5O2S/c9-12-8-5-10-7(4-11-8)6-13-2-1-3-16(13,14)15/h4-5H,1-3,6,9H2,(H,11,12). The number of aromatic nitrogens is 2. The Morgan fingerprint density at radius 2 is 2.25 bits per heavy atom. The molecule has 0 atom stereocenters. The van der Waals surface area contributed by atoms with Crippen LogP contribution in [0.5, 0.6) is 0 Å². The Balaban J connectivity index is 2.09. The first-order valence-corrected chi connectivity index (χ1v) is 6.48. The molecule has 1 aromatic rings. The van der Waals surface area contributed by atoms with Gasteiger partial charge in [-0.2, -0.15) is 4.31 Å². The summed E-state index contributed by atoms with van der Waals surface area (Å²) in [5.74, 6) is 5.82. The van der Waals surface area contributed by atoms with E-state index in [2.05, 4.69) is 15.4 Å². The lowest BCUT2D eigenvalue weighted by molar-refractivity contribution is 0.434.